The summed E-state index contributed by atoms with van der Waals surface area (Å²) in [6.07, 6.45) is 2.94. The summed E-state index contributed by atoms with van der Waals surface area (Å²) in [7, 11) is 0. The van der Waals surface area contributed by atoms with Crippen LogP contribution in [-0.4, -0.2) is 12.6 Å². The highest BCUT2D eigenvalue weighted by Crippen LogP contribution is 2.38. The van der Waals surface area contributed by atoms with Crippen molar-refractivity contribution in [2.45, 2.75) is 25.2 Å². The van der Waals surface area contributed by atoms with Crippen LogP contribution in [0.15, 0.2) is 41.5 Å². The Morgan fingerprint density at radius 1 is 1.19 bits per heavy atom. The Morgan fingerprint density at radius 2 is 2.00 bits per heavy atom. The van der Waals surface area contributed by atoms with Gasteiger partial charge in [0, 0.05) is 5.57 Å². The molecule has 0 radical (unpaired) electrons. The quantitative estimate of drug-likeness (QED) is 0.672. The van der Waals surface area contributed by atoms with Crippen LogP contribution >= 0.6 is 0 Å². The molecule has 0 amide bonds. The number of rotatable bonds is 1. The van der Waals surface area contributed by atoms with Crippen LogP contribution in [-0.2, 0) is 9.53 Å². The molecule has 16 heavy (non-hydrogen) atoms. The molecule has 1 aromatic rings. The first-order chi connectivity index (χ1) is 7.84. The fourth-order valence-corrected chi connectivity index (χ4v) is 2.66. The van der Waals surface area contributed by atoms with Crippen molar-refractivity contribution in [1.82, 2.24) is 0 Å². The summed E-state index contributed by atoms with van der Waals surface area (Å²) in [4.78, 5) is 11.4. The lowest BCUT2D eigenvalue weighted by Gasteiger charge is -2.22. The van der Waals surface area contributed by atoms with Crippen LogP contribution in [0.3, 0.4) is 0 Å². The zero-order chi connectivity index (χ0) is 11.0. The van der Waals surface area contributed by atoms with E-state index in [1.54, 1.807) is 0 Å². The van der Waals surface area contributed by atoms with E-state index in [0.29, 0.717) is 12.5 Å². The zero-order valence-electron chi connectivity index (χ0n) is 9.11. The molecule has 1 atom stereocenters. The smallest absolute Gasteiger partial charge is 0.334 e. The first kappa shape index (κ1) is 9.64. The largest absolute Gasteiger partial charge is 0.458 e. The normalized spacial score (nSPS) is 24.2. The van der Waals surface area contributed by atoms with Crippen LogP contribution in [0.25, 0.3) is 0 Å². The summed E-state index contributed by atoms with van der Waals surface area (Å²) in [5, 5.41) is 0. The fraction of sp³-hybridized carbons (Fsp3) is 0.357. The summed E-state index contributed by atoms with van der Waals surface area (Å²) in [6.45, 7) is 0.525. The lowest BCUT2D eigenvalue weighted by Crippen LogP contribution is -2.09. The zero-order valence-corrected chi connectivity index (χ0v) is 9.11. The minimum atomic E-state index is -0.0819. The van der Waals surface area contributed by atoms with Crippen molar-refractivity contribution in [2.24, 2.45) is 0 Å². The monoisotopic (exact) mass is 214 g/mol. The lowest BCUT2D eigenvalue weighted by molar-refractivity contribution is -0.136. The molecule has 1 unspecified atom stereocenters. The van der Waals surface area contributed by atoms with Crippen molar-refractivity contribution >= 4 is 5.97 Å². The van der Waals surface area contributed by atoms with Gasteiger partial charge in [-0.2, -0.15) is 0 Å². The van der Waals surface area contributed by atoms with Gasteiger partial charge in [-0.15, -0.1) is 0 Å². The Labute approximate surface area is 94.9 Å². The van der Waals surface area contributed by atoms with Crippen molar-refractivity contribution in [3.63, 3.8) is 0 Å². The van der Waals surface area contributed by atoms with Gasteiger partial charge in [-0.1, -0.05) is 30.3 Å². The molecule has 2 heteroatoms. The molecule has 0 saturated carbocycles. The Bertz CT molecular complexity index is 445. The highest BCUT2D eigenvalue weighted by atomic mass is 16.5. The fourth-order valence-electron chi connectivity index (χ4n) is 2.66. The number of cyclic esters (lactones) is 1. The van der Waals surface area contributed by atoms with E-state index in [9.17, 15) is 4.79 Å². The van der Waals surface area contributed by atoms with Gasteiger partial charge >= 0.3 is 5.97 Å². The maximum Gasteiger partial charge on any atom is 0.334 e. The van der Waals surface area contributed by atoms with E-state index < -0.39 is 0 Å². The third-order valence-corrected chi connectivity index (χ3v) is 3.56. The van der Waals surface area contributed by atoms with Crippen molar-refractivity contribution in [3.05, 3.63) is 47.0 Å². The number of carbonyl (C=O) groups is 1. The lowest BCUT2D eigenvalue weighted by atomic mass is 9.81. The molecule has 0 saturated heterocycles. The number of hydrogen-bond donors (Lipinski definition) is 0. The molecular formula is C14H14O2. The summed E-state index contributed by atoms with van der Waals surface area (Å²) in [6, 6.07) is 10.5. The third kappa shape index (κ3) is 1.54. The summed E-state index contributed by atoms with van der Waals surface area (Å²) < 4.78 is 5.07. The second kappa shape index (κ2) is 3.78. The molecule has 0 aromatic heterocycles. The van der Waals surface area contributed by atoms with Crippen LogP contribution in [0.4, 0.5) is 0 Å². The molecule has 2 aliphatic rings. The predicted molar refractivity (Wildman–Crippen MR) is 61.0 cm³/mol. The molecule has 0 bridgehead atoms. The van der Waals surface area contributed by atoms with Gasteiger partial charge in [0.1, 0.15) is 6.61 Å². The van der Waals surface area contributed by atoms with Crippen molar-refractivity contribution in [1.29, 1.82) is 0 Å². The molecule has 2 nitrogen and oxygen atoms in total. The molecule has 3 rings (SSSR count). The molecule has 1 aliphatic heterocycles. The Hall–Kier alpha value is -1.57. The number of ether oxygens (including phenoxy) is 1. The van der Waals surface area contributed by atoms with E-state index in [4.69, 9.17) is 4.74 Å². The Kier molecular flexibility index (Phi) is 2.28. The molecule has 0 spiro atoms. The van der Waals surface area contributed by atoms with Gasteiger partial charge in [0.15, 0.2) is 0 Å². The standard InChI is InChI=1S/C14H14O2/c15-14-13-7-6-11(8-12(13)9-16-14)10-4-2-1-3-5-10/h1-5,11H,6-9H2. The summed E-state index contributed by atoms with van der Waals surface area (Å²) >= 11 is 0. The van der Waals surface area contributed by atoms with Crippen LogP contribution < -0.4 is 0 Å². The van der Waals surface area contributed by atoms with Gasteiger partial charge in [0.25, 0.3) is 0 Å². The van der Waals surface area contributed by atoms with E-state index in [-0.39, 0.29) is 5.97 Å². The second-order valence-corrected chi connectivity index (χ2v) is 4.51. The number of benzene rings is 1. The predicted octanol–water partition coefficient (Wildman–Crippen LogP) is 2.81. The van der Waals surface area contributed by atoms with Gasteiger partial charge in [-0.05, 0) is 36.3 Å². The third-order valence-electron chi connectivity index (χ3n) is 3.56. The maximum atomic E-state index is 11.4. The van der Waals surface area contributed by atoms with E-state index in [2.05, 4.69) is 24.3 Å². The molecule has 0 N–H and O–H groups in total. The topological polar surface area (TPSA) is 26.3 Å². The van der Waals surface area contributed by atoms with Crippen LogP contribution in [0.1, 0.15) is 30.7 Å². The molecular weight excluding hydrogens is 200 g/mol. The minimum absolute atomic E-state index is 0.0819. The number of carbonyl (C=O) groups excluding carboxylic acids is 1. The maximum absolute atomic E-state index is 11.4. The first-order valence-corrected chi connectivity index (χ1v) is 5.77. The van der Waals surface area contributed by atoms with Crippen LogP contribution in [0, 0.1) is 0 Å². The van der Waals surface area contributed by atoms with Crippen molar-refractivity contribution in [3.8, 4) is 0 Å². The van der Waals surface area contributed by atoms with Gasteiger partial charge in [-0.3, -0.25) is 0 Å². The summed E-state index contributed by atoms with van der Waals surface area (Å²) in [5.41, 5.74) is 3.56. The van der Waals surface area contributed by atoms with Gasteiger partial charge in [0.05, 0.1) is 0 Å². The summed E-state index contributed by atoms with van der Waals surface area (Å²) in [5.74, 6) is 0.482. The highest BCUT2D eigenvalue weighted by Gasteiger charge is 2.31. The SMILES string of the molecule is O=C1OCC2=C1CCC(c1ccccc1)C2. The highest BCUT2D eigenvalue weighted by molar-refractivity contribution is 5.92. The average Bonchev–Trinajstić information content (AvgIpc) is 2.72. The van der Waals surface area contributed by atoms with E-state index in [0.717, 1.165) is 24.8 Å². The van der Waals surface area contributed by atoms with Crippen LogP contribution in [0.5, 0.6) is 0 Å². The molecule has 1 aliphatic carbocycles. The molecule has 1 aromatic carbocycles. The molecule has 1 heterocycles. The first-order valence-electron chi connectivity index (χ1n) is 5.77. The van der Waals surface area contributed by atoms with Crippen molar-refractivity contribution in [2.75, 3.05) is 6.61 Å². The van der Waals surface area contributed by atoms with Gasteiger partial charge in [0.2, 0.25) is 0 Å². The number of hydrogen-bond acceptors (Lipinski definition) is 2. The Morgan fingerprint density at radius 3 is 2.81 bits per heavy atom. The Balaban J connectivity index is 1.84. The molecule has 0 fully saturated rings. The molecule has 82 valence electrons. The van der Waals surface area contributed by atoms with Gasteiger partial charge in [-0.25, -0.2) is 4.79 Å². The van der Waals surface area contributed by atoms with Crippen LogP contribution in [0.2, 0.25) is 0 Å². The average molecular weight is 214 g/mol. The van der Waals surface area contributed by atoms with E-state index >= 15 is 0 Å². The number of esters is 1. The second-order valence-electron chi connectivity index (χ2n) is 4.51. The minimum Gasteiger partial charge on any atom is -0.458 e. The van der Waals surface area contributed by atoms with E-state index in [1.165, 1.54) is 11.1 Å². The van der Waals surface area contributed by atoms with Crippen molar-refractivity contribution < 1.29 is 9.53 Å². The van der Waals surface area contributed by atoms with Gasteiger partial charge < -0.3 is 4.74 Å². The van der Waals surface area contributed by atoms with E-state index in [1.807, 2.05) is 6.07 Å².